The molecule has 1 aliphatic rings. The third-order valence-electron chi connectivity index (χ3n) is 7.00. The van der Waals surface area contributed by atoms with Gasteiger partial charge in [0.2, 0.25) is 0 Å². The Bertz CT molecular complexity index is 1400. The quantitative estimate of drug-likeness (QED) is 0.406. The van der Waals surface area contributed by atoms with Gasteiger partial charge in [-0.15, -0.1) is 0 Å². The van der Waals surface area contributed by atoms with Crippen molar-refractivity contribution in [2.75, 3.05) is 26.2 Å². The van der Waals surface area contributed by atoms with E-state index >= 15 is 0 Å². The Morgan fingerprint density at radius 3 is 2.78 bits per heavy atom. The number of aliphatic hydroxyl groups is 1. The fourth-order valence-corrected chi connectivity index (χ4v) is 5.08. The molecular formula is C29H31N5O2. The van der Waals surface area contributed by atoms with E-state index in [1.807, 2.05) is 47.9 Å². The first-order valence-corrected chi connectivity index (χ1v) is 12.5. The molecule has 5 rings (SSSR count). The van der Waals surface area contributed by atoms with Gasteiger partial charge < -0.3 is 14.7 Å². The Morgan fingerprint density at radius 2 is 2.03 bits per heavy atom. The molecule has 3 heterocycles. The molecule has 1 fully saturated rings. The molecule has 7 heteroatoms. The number of rotatable bonds is 7. The van der Waals surface area contributed by atoms with Gasteiger partial charge in [-0.05, 0) is 56.1 Å². The second-order valence-corrected chi connectivity index (χ2v) is 9.46. The molecule has 4 aromatic rings. The SMILES string of the molecule is CCN1CCC[C@@H](COc2nc(-c3ccc(C#N)cc3)c(-c3ccc(C)cc3CO)c3nccn23)C1. The van der Waals surface area contributed by atoms with Gasteiger partial charge in [0.1, 0.15) is 0 Å². The first-order valence-electron chi connectivity index (χ1n) is 12.5. The molecule has 2 aromatic heterocycles. The molecule has 2 aromatic carbocycles. The molecule has 0 bridgehead atoms. The lowest BCUT2D eigenvalue weighted by Crippen LogP contribution is -2.37. The molecule has 1 N–H and O–H groups in total. The molecule has 184 valence electrons. The summed E-state index contributed by atoms with van der Waals surface area (Å²) in [4.78, 5) is 12.2. The zero-order valence-corrected chi connectivity index (χ0v) is 20.8. The maximum Gasteiger partial charge on any atom is 0.302 e. The number of hydrogen-bond donors (Lipinski definition) is 1. The van der Waals surface area contributed by atoms with Crippen LogP contribution in [0.15, 0.2) is 54.9 Å². The molecule has 36 heavy (non-hydrogen) atoms. The van der Waals surface area contributed by atoms with Gasteiger partial charge in [0.25, 0.3) is 0 Å². The predicted octanol–water partition coefficient (Wildman–Crippen LogP) is 4.85. The predicted molar refractivity (Wildman–Crippen MR) is 140 cm³/mol. The van der Waals surface area contributed by atoms with E-state index in [1.54, 1.807) is 18.3 Å². The third-order valence-corrected chi connectivity index (χ3v) is 7.00. The Morgan fingerprint density at radius 1 is 1.19 bits per heavy atom. The molecule has 1 saturated heterocycles. The summed E-state index contributed by atoms with van der Waals surface area (Å²) < 4.78 is 8.26. The average molecular weight is 482 g/mol. The average Bonchev–Trinajstić information content (AvgIpc) is 3.42. The Kier molecular flexibility index (Phi) is 6.99. The van der Waals surface area contributed by atoms with Crippen molar-refractivity contribution < 1.29 is 9.84 Å². The summed E-state index contributed by atoms with van der Waals surface area (Å²) in [5, 5.41) is 19.5. The third kappa shape index (κ3) is 4.70. The monoisotopic (exact) mass is 481 g/mol. The van der Waals surface area contributed by atoms with Crippen molar-refractivity contribution in [2.24, 2.45) is 5.92 Å². The van der Waals surface area contributed by atoms with E-state index in [9.17, 15) is 10.4 Å². The van der Waals surface area contributed by atoms with E-state index in [0.29, 0.717) is 29.8 Å². The molecule has 1 aliphatic heterocycles. The highest BCUT2D eigenvalue weighted by molar-refractivity contribution is 5.91. The minimum Gasteiger partial charge on any atom is -0.464 e. The van der Waals surface area contributed by atoms with Gasteiger partial charge in [-0.3, -0.25) is 4.40 Å². The van der Waals surface area contributed by atoms with Crippen molar-refractivity contribution in [3.05, 3.63) is 71.5 Å². The highest BCUT2D eigenvalue weighted by Crippen LogP contribution is 2.38. The summed E-state index contributed by atoms with van der Waals surface area (Å²) >= 11 is 0. The van der Waals surface area contributed by atoms with Gasteiger partial charge in [-0.1, -0.05) is 42.8 Å². The molecule has 0 spiro atoms. The van der Waals surface area contributed by atoms with Crippen molar-refractivity contribution in [1.29, 1.82) is 5.26 Å². The van der Waals surface area contributed by atoms with E-state index in [1.165, 1.54) is 6.42 Å². The van der Waals surface area contributed by atoms with Crippen molar-refractivity contribution in [3.63, 3.8) is 0 Å². The van der Waals surface area contributed by atoms with E-state index in [2.05, 4.69) is 17.9 Å². The lowest BCUT2D eigenvalue weighted by molar-refractivity contribution is 0.129. The Hall–Kier alpha value is -3.73. The summed E-state index contributed by atoms with van der Waals surface area (Å²) in [6, 6.07) is 16.1. The van der Waals surface area contributed by atoms with Crippen LogP contribution < -0.4 is 4.74 Å². The van der Waals surface area contributed by atoms with E-state index in [-0.39, 0.29) is 6.61 Å². The fraction of sp³-hybridized carbons (Fsp3) is 0.345. The first kappa shape index (κ1) is 24.0. The number of hydrogen-bond acceptors (Lipinski definition) is 6. The van der Waals surface area contributed by atoms with Crippen LogP contribution in [0, 0.1) is 24.2 Å². The number of fused-ring (bicyclic) bond motifs is 1. The van der Waals surface area contributed by atoms with E-state index in [4.69, 9.17) is 14.7 Å². The van der Waals surface area contributed by atoms with Gasteiger partial charge in [0, 0.05) is 30.4 Å². The second kappa shape index (κ2) is 10.5. The number of nitrogens with zero attached hydrogens (tertiary/aromatic N) is 5. The van der Waals surface area contributed by atoms with Gasteiger partial charge in [0.05, 0.1) is 36.1 Å². The smallest absolute Gasteiger partial charge is 0.302 e. The maximum absolute atomic E-state index is 10.2. The van der Waals surface area contributed by atoms with Crippen LogP contribution in [0.1, 0.15) is 36.5 Å². The van der Waals surface area contributed by atoms with Gasteiger partial charge in [-0.25, -0.2) is 4.98 Å². The minimum absolute atomic E-state index is 0.0927. The molecule has 0 unspecified atom stereocenters. The van der Waals surface area contributed by atoms with Crippen molar-refractivity contribution in [3.8, 4) is 34.5 Å². The van der Waals surface area contributed by atoms with Crippen LogP contribution >= 0.6 is 0 Å². The van der Waals surface area contributed by atoms with Crippen LogP contribution in [0.3, 0.4) is 0 Å². The zero-order valence-electron chi connectivity index (χ0n) is 20.8. The Balaban J connectivity index is 1.63. The van der Waals surface area contributed by atoms with Crippen LogP contribution in [0.2, 0.25) is 0 Å². The van der Waals surface area contributed by atoms with Gasteiger partial charge in [0.15, 0.2) is 5.65 Å². The molecule has 7 nitrogen and oxygen atoms in total. The van der Waals surface area contributed by atoms with Crippen molar-refractivity contribution >= 4 is 5.65 Å². The summed E-state index contributed by atoms with van der Waals surface area (Å²) in [5.74, 6) is 0.454. The maximum atomic E-state index is 10.2. The van der Waals surface area contributed by atoms with Gasteiger partial charge in [-0.2, -0.15) is 10.2 Å². The zero-order chi connectivity index (χ0) is 25.1. The minimum atomic E-state index is -0.0927. The highest BCUT2D eigenvalue weighted by Gasteiger charge is 2.23. The largest absolute Gasteiger partial charge is 0.464 e. The van der Waals surface area contributed by atoms with Crippen molar-refractivity contribution in [2.45, 2.75) is 33.3 Å². The standard InChI is InChI=1S/C29H31N5O2/c1-3-33-13-4-5-22(17-33)19-36-29-32-27(23-9-7-21(16-30)8-10-23)26(28-31-12-14-34(28)29)25-11-6-20(2)15-24(25)18-35/h6-12,14-15,22,35H,3-5,13,17-19H2,1-2H3/t22-/m1/s1. The number of nitriles is 1. The lowest BCUT2D eigenvalue weighted by atomic mass is 9.94. The van der Waals surface area contributed by atoms with Gasteiger partial charge >= 0.3 is 6.01 Å². The number of benzene rings is 2. The van der Waals surface area contributed by atoms with E-state index in [0.717, 1.165) is 59.5 Å². The highest BCUT2D eigenvalue weighted by atomic mass is 16.5. The molecule has 0 saturated carbocycles. The number of aliphatic hydroxyl groups excluding tert-OH is 1. The summed E-state index contributed by atoms with van der Waals surface area (Å²) in [6.45, 7) is 7.96. The van der Waals surface area contributed by atoms with Crippen LogP contribution in [0.25, 0.3) is 28.0 Å². The molecule has 0 amide bonds. The second-order valence-electron chi connectivity index (χ2n) is 9.46. The number of likely N-dealkylation sites (tertiary alicyclic amines) is 1. The van der Waals surface area contributed by atoms with E-state index < -0.39 is 0 Å². The molecule has 1 atom stereocenters. The number of ether oxygens (including phenoxy) is 1. The van der Waals surface area contributed by atoms with Crippen LogP contribution in [-0.2, 0) is 6.61 Å². The van der Waals surface area contributed by atoms with Crippen molar-refractivity contribution in [1.82, 2.24) is 19.3 Å². The first-order chi connectivity index (χ1) is 17.6. The summed E-state index contributed by atoms with van der Waals surface area (Å²) in [6.07, 6.45) is 5.95. The summed E-state index contributed by atoms with van der Waals surface area (Å²) in [5.41, 5.74) is 6.47. The fourth-order valence-electron chi connectivity index (χ4n) is 5.08. The Labute approximate surface area is 211 Å². The number of imidazole rings is 1. The summed E-state index contributed by atoms with van der Waals surface area (Å²) in [7, 11) is 0. The van der Waals surface area contributed by atoms with Crippen LogP contribution in [0.4, 0.5) is 0 Å². The number of aryl methyl sites for hydroxylation is 1. The number of piperidine rings is 1. The topological polar surface area (TPSA) is 86.7 Å². The molecular weight excluding hydrogens is 450 g/mol. The normalized spacial score (nSPS) is 16.2. The van der Waals surface area contributed by atoms with Crippen LogP contribution in [0.5, 0.6) is 6.01 Å². The number of aromatic nitrogens is 3. The molecule has 0 radical (unpaired) electrons. The lowest BCUT2D eigenvalue weighted by Gasteiger charge is -2.31. The van der Waals surface area contributed by atoms with Crippen LogP contribution in [-0.4, -0.2) is 50.6 Å². The molecule has 0 aliphatic carbocycles.